The fourth-order valence-electron chi connectivity index (χ4n) is 3.53. The molecule has 0 aromatic carbocycles. The number of likely N-dealkylation sites (tertiary alicyclic amines) is 1. The van der Waals surface area contributed by atoms with E-state index in [9.17, 15) is 9.59 Å². The molecule has 26 heavy (non-hydrogen) atoms. The van der Waals surface area contributed by atoms with Crippen LogP contribution in [0, 0.1) is 5.92 Å². The van der Waals surface area contributed by atoms with Crippen LogP contribution < -0.4 is 5.32 Å². The number of morpholine rings is 1. The third-order valence-corrected chi connectivity index (χ3v) is 5.08. The number of carbonyl (C=O) groups is 2. The number of ether oxygens (including phenoxy) is 1. The SMILES string of the molecule is O=C(NCCn1cccn1)C1CCC(=O)N(CCCN2CCOCC2)C1. The van der Waals surface area contributed by atoms with E-state index in [2.05, 4.69) is 15.3 Å². The number of amides is 2. The van der Waals surface area contributed by atoms with Gasteiger partial charge in [-0.3, -0.25) is 19.2 Å². The fourth-order valence-corrected chi connectivity index (χ4v) is 3.53. The molecule has 0 radical (unpaired) electrons. The third-order valence-electron chi connectivity index (χ3n) is 5.08. The molecule has 0 aliphatic carbocycles. The van der Waals surface area contributed by atoms with Crippen molar-refractivity contribution in [3.05, 3.63) is 18.5 Å². The zero-order chi connectivity index (χ0) is 18.2. The van der Waals surface area contributed by atoms with E-state index in [0.29, 0.717) is 32.5 Å². The maximum absolute atomic E-state index is 12.4. The number of piperidine rings is 1. The van der Waals surface area contributed by atoms with Crippen molar-refractivity contribution in [2.45, 2.75) is 25.8 Å². The summed E-state index contributed by atoms with van der Waals surface area (Å²) in [7, 11) is 0. The lowest BCUT2D eigenvalue weighted by atomic mass is 9.96. The second-order valence-corrected chi connectivity index (χ2v) is 6.94. The Morgan fingerprint density at radius 1 is 1.27 bits per heavy atom. The van der Waals surface area contributed by atoms with E-state index in [1.54, 1.807) is 10.9 Å². The minimum atomic E-state index is -0.103. The molecule has 1 aromatic rings. The molecule has 8 heteroatoms. The lowest BCUT2D eigenvalue weighted by Gasteiger charge is -2.33. The van der Waals surface area contributed by atoms with Crippen LogP contribution in [-0.2, 0) is 20.9 Å². The average Bonchev–Trinajstić information content (AvgIpc) is 3.17. The van der Waals surface area contributed by atoms with Gasteiger partial charge in [0, 0.05) is 58.1 Å². The topological polar surface area (TPSA) is 79.7 Å². The quantitative estimate of drug-likeness (QED) is 0.701. The van der Waals surface area contributed by atoms with Crippen molar-refractivity contribution in [3.8, 4) is 0 Å². The molecule has 8 nitrogen and oxygen atoms in total. The maximum Gasteiger partial charge on any atom is 0.224 e. The van der Waals surface area contributed by atoms with E-state index in [-0.39, 0.29) is 17.7 Å². The van der Waals surface area contributed by atoms with Gasteiger partial charge in [0.2, 0.25) is 11.8 Å². The Hall–Kier alpha value is -1.93. The van der Waals surface area contributed by atoms with E-state index < -0.39 is 0 Å². The Kier molecular flexibility index (Phi) is 7.02. The Morgan fingerprint density at radius 3 is 2.88 bits per heavy atom. The molecule has 3 heterocycles. The van der Waals surface area contributed by atoms with E-state index in [1.165, 1.54) is 0 Å². The van der Waals surface area contributed by atoms with Gasteiger partial charge in [-0.05, 0) is 18.9 Å². The first-order valence-electron chi connectivity index (χ1n) is 9.55. The van der Waals surface area contributed by atoms with Gasteiger partial charge in [0.05, 0.1) is 25.7 Å². The third kappa shape index (κ3) is 5.54. The molecule has 2 saturated heterocycles. The summed E-state index contributed by atoms with van der Waals surface area (Å²) in [5, 5.41) is 7.09. The molecule has 144 valence electrons. The van der Waals surface area contributed by atoms with Crippen LogP contribution in [0.15, 0.2) is 18.5 Å². The van der Waals surface area contributed by atoms with E-state index in [4.69, 9.17) is 4.74 Å². The summed E-state index contributed by atoms with van der Waals surface area (Å²) < 4.78 is 7.15. The van der Waals surface area contributed by atoms with Crippen molar-refractivity contribution in [1.82, 2.24) is 24.9 Å². The molecular weight excluding hydrogens is 334 g/mol. The van der Waals surface area contributed by atoms with Gasteiger partial charge >= 0.3 is 0 Å². The molecule has 0 saturated carbocycles. The van der Waals surface area contributed by atoms with Gasteiger partial charge in [0.15, 0.2) is 0 Å². The first-order chi connectivity index (χ1) is 12.7. The fraction of sp³-hybridized carbons (Fsp3) is 0.722. The predicted molar refractivity (Wildman–Crippen MR) is 96.4 cm³/mol. The lowest BCUT2D eigenvalue weighted by Crippen LogP contribution is -2.47. The van der Waals surface area contributed by atoms with Crippen molar-refractivity contribution in [3.63, 3.8) is 0 Å². The van der Waals surface area contributed by atoms with Crippen LogP contribution in [0.2, 0.25) is 0 Å². The van der Waals surface area contributed by atoms with Gasteiger partial charge in [-0.2, -0.15) is 5.10 Å². The molecule has 0 bridgehead atoms. The summed E-state index contributed by atoms with van der Waals surface area (Å²) in [5.74, 6) is 0.115. The van der Waals surface area contributed by atoms with E-state index in [0.717, 1.165) is 45.8 Å². The predicted octanol–water partition coefficient (Wildman–Crippen LogP) is -0.0398. The van der Waals surface area contributed by atoms with Crippen LogP contribution in [-0.4, -0.2) is 83.9 Å². The number of nitrogens with one attached hydrogen (secondary N) is 1. The average molecular weight is 363 g/mol. The van der Waals surface area contributed by atoms with Crippen molar-refractivity contribution in [2.75, 3.05) is 52.5 Å². The van der Waals surface area contributed by atoms with Crippen molar-refractivity contribution in [1.29, 1.82) is 0 Å². The molecule has 2 fully saturated rings. The number of nitrogens with zero attached hydrogens (tertiary/aromatic N) is 4. The highest BCUT2D eigenvalue weighted by molar-refractivity contribution is 5.83. The molecular formula is C18H29N5O3. The Morgan fingerprint density at radius 2 is 2.12 bits per heavy atom. The molecule has 1 aromatic heterocycles. The summed E-state index contributed by atoms with van der Waals surface area (Å²) >= 11 is 0. The highest BCUT2D eigenvalue weighted by Crippen LogP contribution is 2.18. The highest BCUT2D eigenvalue weighted by Gasteiger charge is 2.29. The summed E-state index contributed by atoms with van der Waals surface area (Å²) in [6.07, 6.45) is 5.66. The smallest absolute Gasteiger partial charge is 0.224 e. The van der Waals surface area contributed by atoms with Gasteiger partial charge in [-0.25, -0.2) is 0 Å². The molecule has 1 atom stereocenters. The first kappa shape index (κ1) is 18.8. The summed E-state index contributed by atoms with van der Waals surface area (Å²) in [5.41, 5.74) is 0. The van der Waals surface area contributed by atoms with Gasteiger partial charge in [-0.1, -0.05) is 0 Å². The van der Waals surface area contributed by atoms with Crippen molar-refractivity contribution in [2.24, 2.45) is 5.92 Å². The standard InChI is InChI=1S/C18H29N5O3/c24-17-4-3-16(18(25)19-6-10-23-9-1-5-20-23)15-22(17)8-2-7-21-11-13-26-14-12-21/h1,5,9,16H,2-4,6-8,10-15H2,(H,19,25). The van der Waals surface area contributed by atoms with Crippen LogP contribution in [0.3, 0.4) is 0 Å². The monoisotopic (exact) mass is 363 g/mol. The highest BCUT2D eigenvalue weighted by atomic mass is 16.5. The molecule has 3 rings (SSSR count). The summed E-state index contributed by atoms with van der Waals surface area (Å²) in [6.45, 7) is 6.99. The molecule has 1 N–H and O–H groups in total. The zero-order valence-electron chi connectivity index (χ0n) is 15.3. The number of hydrogen-bond acceptors (Lipinski definition) is 5. The number of rotatable bonds is 8. The minimum absolute atomic E-state index is 0.0443. The van der Waals surface area contributed by atoms with E-state index in [1.807, 2.05) is 17.2 Å². The summed E-state index contributed by atoms with van der Waals surface area (Å²) in [4.78, 5) is 28.8. The Bertz CT molecular complexity index is 571. The number of aromatic nitrogens is 2. The Labute approximate surface area is 154 Å². The molecule has 0 spiro atoms. The van der Waals surface area contributed by atoms with Crippen LogP contribution in [0.1, 0.15) is 19.3 Å². The number of carbonyl (C=O) groups excluding carboxylic acids is 2. The minimum Gasteiger partial charge on any atom is -0.379 e. The molecule has 1 unspecified atom stereocenters. The second-order valence-electron chi connectivity index (χ2n) is 6.94. The van der Waals surface area contributed by atoms with Gasteiger partial charge in [0.1, 0.15) is 0 Å². The summed E-state index contributed by atoms with van der Waals surface area (Å²) in [6, 6.07) is 1.86. The van der Waals surface area contributed by atoms with Gasteiger partial charge in [-0.15, -0.1) is 0 Å². The van der Waals surface area contributed by atoms with Crippen LogP contribution in [0.5, 0.6) is 0 Å². The maximum atomic E-state index is 12.4. The van der Waals surface area contributed by atoms with Crippen LogP contribution in [0.4, 0.5) is 0 Å². The van der Waals surface area contributed by atoms with Gasteiger partial charge in [0.25, 0.3) is 0 Å². The van der Waals surface area contributed by atoms with Crippen LogP contribution in [0.25, 0.3) is 0 Å². The molecule has 2 aliphatic heterocycles. The first-order valence-corrected chi connectivity index (χ1v) is 9.55. The van der Waals surface area contributed by atoms with Crippen molar-refractivity contribution < 1.29 is 14.3 Å². The normalized spacial score (nSPS) is 21.8. The van der Waals surface area contributed by atoms with Crippen LogP contribution >= 0.6 is 0 Å². The lowest BCUT2D eigenvalue weighted by molar-refractivity contribution is -0.138. The largest absolute Gasteiger partial charge is 0.379 e. The van der Waals surface area contributed by atoms with Crippen molar-refractivity contribution >= 4 is 11.8 Å². The number of hydrogen-bond donors (Lipinski definition) is 1. The molecule has 2 amide bonds. The van der Waals surface area contributed by atoms with Gasteiger partial charge < -0.3 is 15.0 Å². The Balaban J connectivity index is 1.37. The molecule has 2 aliphatic rings. The zero-order valence-corrected chi connectivity index (χ0v) is 15.3. The van der Waals surface area contributed by atoms with E-state index >= 15 is 0 Å². The second kappa shape index (κ2) is 9.68.